The van der Waals surface area contributed by atoms with Gasteiger partial charge in [-0.25, -0.2) is 0 Å². The Morgan fingerprint density at radius 1 is 0.750 bits per heavy atom. The molecule has 0 aromatic heterocycles. The van der Waals surface area contributed by atoms with Crippen LogP contribution in [0, 0.1) is 0 Å². The monoisotopic (exact) mass is 354 g/mol. The molecule has 0 radical (unpaired) electrons. The van der Waals surface area contributed by atoms with E-state index in [-0.39, 0.29) is 286 Å². The van der Waals surface area contributed by atoms with Crippen LogP contribution in [0.25, 0.3) is 0 Å². The molecule has 0 heterocycles. The molecule has 0 aliphatic rings. The van der Waals surface area contributed by atoms with Crippen LogP contribution in [0.2, 0.25) is 0 Å². The summed E-state index contributed by atoms with van der Waals surface area (Å²) in [5.41, 5.74) is 0. The summed E-state index contributed by atoms with van der Waals surface area (Å²) in [6.07, 6.45) is 0. The first-order chi connectivity index (χ1) is 2.00. The molecule has 0 saturated carbocycles. The van der Waals surface area contributed by atoms with Gasteiger partial charge in [-0.05, 0) is 0 Å². The second-order valence-electron chi connectivity index (χ2n) is 0.447. The van der Waals surface area contributed by atoms with Gasteiger partial charge in [-0.2, -0.15) is 7.82 Å². The molecule has 0 amide bonds. The third-order valence-corrected chi connectivity index (χ3v) is 0. The molecule has 0 unspecified atom stereocenters. The molecule has 0 N–H and O–H groups in total. The van der Waals surface area contributed by atoms with Gasteiger partial charge in [0.25, 0.3) is 0 Å². The molecule has 0 fully saturated rings. The fourth-order valence-electron chi connectivity index (χ4n) is 0. The minimum atomic E-state index is -5.39. The third kappa shape index (κ3) is 75.5. The molecule has 0 aromatic carbocycles. The van der Waals surface area contributed by atoms with Crippen molar-refractivity contribution in [3.05, 3.63) is 0 Å². The van der Waals surface area contributed by atoms with Crippen molar-refractivity contribution >= 4 is 289 Å². The first-order valence-electron chi connectivity index (χ1n) is 0.730. The van der Waals surface area contributed by atoms with E-state index in [0.29, 0.717) is 0 Å². The van der Waals surface area contributed by atoms with E-state index < -0.39 is 7.82 Å². The van der Waals surface area contributed by atoms with Crippen LogP contribution < -0.4 is 19.4 Å². The Hall–Kier alpha value is 9.10. The second kappa shape index (κ2) is 32.2. The number of hydrogen-bond acceptors (Lipinski definition) is 4. The quantitative estimate of drug-likeness (QED) is 0.319. The molecule has 48 valence electrons. The zero-order chi connectivity index (χ0) is 4.50. The van der Waals surface area contributed by atoms with E-state index in [9.17, 15) is 0 Å². The normalized spacial score (nSPS) is 4.92. The first kappa shape index (κ1) is 49.7. The summed E-state index contributed by atoms with van der Waals surface area (Å²) in [6, 6.07) is 0. The SMILES string of the molecule is O=P([O-])([O-])[O-].[Ca+2].[Ca+2].[F-].[KH].[KH].[KH].[KH]. The van der Waals surface area contributed by atoms with Crippen LogP contribution in [0.5, 0.6) is 0 Å². The standard InChI is InChI=1S/2Ca.FH.4K.H3O4P.4H/c;;;;;;;1-5(2,3)4;;;;/h;;1H;;;;;(H3,1,2,3,4);;;;/q2*+2;;;;;;;;;;/p-4. The van der Waals surface area contributed by atoms with Crippen molar-refractivity contribution in [3.63, 3.8) is 0 Å². The van der Waals surface area contributed by atoms with E-state index in [0.717, 1.165) is 0 Å². The van der Waals surface area contributed by atoms with E-state index >= 15 is 0 Å². The van der Waals surface area contributed by atoms with E-state index in [2.05, 4.69) is 0 Å². The fourth-order valence-corrected chi connectivity index (χ4v) is 0. The molecule has 12 heavy (non-hydrogen) atoms. The summed E-state index contributed by atoms with van der Waals surface area (Å²) in [5, 5.41) is 0. The van der Waals surface area contributed by atoms with Gasteiger partial charge in [-0.1, -0.05) is 0 Å². The number of rotatable bonds is 0. The fraction of sp³-hybridized carbons (Fsp3) is 0. The van der Waals surface area contributed by atoms with Crippen LogP contribution in [0.15, 0.2) is 0 Å². The Morgan fingerprint density at radius 3 is 0.750 bits per heavy atom. The molecule has 0 saturated heterocycles. The number of halogens is 1. The minimum absolute atomic E-state index is 0. The van der Waals surface area contributed by atoms with Gasteiger partial charge < -0.3 is 23.9 Å². The van der Waals surface area contributed by atoms with Gasteiger partial charge in [0.15, 0.2) is 0 Å². The zero-order valence-corrected chi connectivity index (χ0v) is 9.18. The molecular formula is H4Ca2FK4O4P. The summed E-state index contributed by atoms with van der Waals surface area (Å²) in [7, 11) is -5.39. The number of hydrogen-bond donors (Lipinski definition) is 0. The maximum atomic E-state index is 8.55. The van der Waals surface area contributed by atoms with Crippen LogP contribution in [-0.2, 0) is 4.57 Å². The molecule has 0 aliphatic heterocycles. The van der Waals surface area contributed by atoms with Crippen molar-refractivity contribution in [2.24, 2.45) is 0 Å². The number of phosphoric acid groups is 1. The molecule has 4 nitrogen and oxygen atoms in total. The van der Waals surface area contributed by atoms with Crippen LogP contribution in [0.3, 0.4) is 0 Å². The molecule has 0 rings (SSSR count). The van der Waals surface area contributed by atoms with E-state index in [1.165, 1.54) is 0 Å². The van der Waals surface area contributed by atoms with E-state index in [1.54, 1.807) is 0 Å². The second-order valence-corrected chi connectivity index (χ2v) is 1.34. The summed E-state index contributed by atoms with van der Waals surface area (Å²) < 4.78 is 8.55. The van der Waals surface area contributed by atoms with Gasteiger partial charge in [-0.3, -0.25) is 0 Å². The third-order valence-electron chi connectivity index (χ3n) is 0. The Kier molecular flexibility index (Phi) is 133. The topological polar surface area (TPSA) is 86.2 Å². The van der Waals surface area contributed by atoms with E-state index in [4.69, 9.17) is 19.2 Å². The van der Waals surface area contributed by atoms with Crippen LogP contribution in [-0.4, -0.2) is 281 Å². The average Bonchev–Trinajstić information content (AvgIpc) is 0.722. The summed E-state index contributed by atoms with van der Waals surface area (Å²) in [6.45, 7) is 0. The van der Waals surface area contributed by atoms with Crippen LogP contribution in [0.1, 0.15) is 0 Å². The average molecular weight is 355 g/mol. The summed E-state index contributed by atoms with van der Waals surface area (Å²) in [5.74, 6) is 0. The molecule has 0 aromatic rings. The Morgan fingerprint density at radius 2 is 0.750 bits per heavy atom. The maximum absolute atomic E-state index is 8.55. The van der Waals surface area contributed by atoms with Gasteiger partial charge in [0.2, 0.25) is 0 Å². The van der Waals surface area contributed by atoms with Crippen molar-refractivity contribution in [2.75, 3.05) is 0 Å². The van der Waals surface area contributed by atoms with Crippen molar-refractivity contribution in [1.82, 2.24) is 0 Å². The molecule has 0 aliphatic carbocycles. The van der Waals surface area contributed by atoms with Crippen molar-refractivity contribution < 1.29 is 23.9 Å². The molecule has 0 spiro atoms. The summed E-state index contributed by atoms with van der Waals surface area (Å²) in [4.78, 5) is 25.6. The zero-order valence-electron chi connectivity index (χ0n) is 3.87. The molecule has 12 heteroatoms. The molecular weight excluding hydrogens is 351 g/mol. The van der Waals surface area contributed by atoms with Crippen LogP contribution >= 0.6 is 7.82 Å². The van der Waals surface area contributed by atoms with Gasteiger partial charge >= 0.3 is 281 Å². The van der Waals surface area contributed by atoms with E-state index in [1.807, 2.05) is 0 Å². The van der Waals surface area contributed by atoms with Gasteiger partial charge in [0.05, 0.1) is 0 Å². The predicted octanol–water partition coefficient (Wildman–Crippen LogP) is -9.18. The van der Waals surface area contributed by atoms with Crippen molar-refractivity contribution in [3.8, 4) is 0 Å². The van der Waals surface area contributed by atoms with Gasteiger partial charge in [0.1, 0.15) is 0 Å². The Bertz CT molecular complexity index is 71.2. The first-order valence-corrected chi connectivity index (χ1v) is 2.19. The van der Waals surface area contributed by atoms with Gasteiger partial charge in [-0.15, -0.1) is 0 Å². The van der Waals surface area contributed by atoms with Crippen molar-refractivity contribution in [2.45, 2.75) is 0 Å². The predicted molar refractivity (Wildman–Crippen MR) is 47.7 cm³/mol. The Labute approximate surface area is 301 Å². The van der Waals surface area contributed by atoms with Crippen LogP contribution in [0.4, 0.5) is 0 Å². The van der Waals surface area contributed by atoms with Gasteiger partial charge in [0, 0.05) is 0 Å². The summed E-state index contributed by atoms with van der Waals surface area (Å²) >= 11 is 0. The Balaban J connectivity index is -0.00000000381. The van der Waals surface area contributed by atoms with Crippen molar-refractivity contribution in [1.29, 1.82) is 0 Å². The molecule has 0 bridgehead atoms. The molecule has 0 atom stereocenters.